The van der Waals surface area contributed by atoms with Crippen LogP contribution in [0, 0.1) is 12.1 Å². The van der Waals surface area contributed by atoms with Crippen molar-refractivity contribution in [3.63, 3.8) is 0 Å². The third-order valence-electron chi connectivity index (χ3n) is 9.76. The van der Waals surface area contributed by atoms with Gasteiger partial charge in [-0.3, -0.25) is 0 Å². The number of pyridine rings is 2. The fourth-order valence-electron chi connectivity index (χ4n) is 7.39. The Kier molecular flexibility index (Phi) is 11.0. The number of nitrogens with zero attached hydrogens (tertiary/aromatic N) is 3. The third kappa shape index (κ3) is 6.95. The molecule has 1 radical (unpaired) electrons. The van der Waals surface area contributed by atoms with E-state index in [4.69, 9.17) is 4.98 Å². The zero-order valence-electron chi connectivity index (χ0n) is 29.4. The zero-order valence-corrected chi connectivity index (χ0v) is 32.8. The van der Waals surface area contributed by atoms with Gasteiger partial charge >= 0.3 is 0 Å². The van der Waals surface area contributed by atoms with Gasteiger partial charge in [-0.2, -0.15) is 0 Å². The monoisotopic (exact) mass is 876 g/mol. The van der Waals surface area contributed by atoms with Crippen LogP contribution in [-0.2, 0) is 26.7 Å². The maximum Gasteiger partial charge on any atom is 0.181 e. The van der Waals surface area contributed by atoms with Gasteiger partial charge in [0.1, 0.15) is 0 Å². The molecule has 0 aliphatic rings. The van der Waals surface area contributed by atoms with E-state index in [-0.39, 0.29) is 20.1 Å². The second kappa shape index (κ2) is 16.3. The van der Waals surface area contributed by atoms with Gasteiger partial charge in [0.05, 0.1) is 0 Å². The van der Waals surface area contributed by atoms with E-state index in [9.17, 15) is 0 Å². The van der Waals surface area contributed by atoms with Crippen LogP contribution in [0.2, 0.25) is 0 Å². The van der Waals surface area contributed by atoms with Gasteiger partial charge < -0.3 is 14.5 Å². The van der Waals surface area contributed by atoms with E-state index in [0.717, 1.165) is 29.1 Å². The Hall–Kier alpha value is -5.71. The Labute approximate surface area is 326 Å². The van der Waals surface area contributed by atoms with Crippen LogP contribution in [0.1, 0.15) is 6.92 Å². The number of benzene rings is 6. The molecule has 0 N–H and O–H groups in total. The molecule has 0 amide bonds. The summed E-state index contributed by atoms with van der Waals surface area (Å²) in [7, 11) is -2.58. The average molecular weight is 876 g/mol. The standard InChI is InChI=1S/C37H29N2Si.C11H8N.Ir/c1-2-39-36-21-13-12-20-33(36)34-26-28(22-25-37(34)39)35-24-23-32(27-38-35)40(29-14-6-3-7-15-29,30-16-8-4-9-17-30)31-18-10-5-11-19-31;1-2-6-10(7-3-1)11-8-4-5-9-12-11;/h3-21,23-27H,2H2,1H3;1-6,8-9H;/q2*-1;. The minimum Gasteiger partial charge on any atom is -0.381 e. The van der Waals surface area contributed by atoms with Crippen molar-refractivity contribution in [3.8, 4) is 22.5 Å². The molecule has 0 unspecified atom stereocenters. The van der Waals surface area contributed by atoms with E-state index in [2.05, 4.69) is 174 Å². The number of aryl methyl sites for hydroxylation is 1. The van der Waals surface area contributed by atoms with Crippen molar-refractivity contribution in [2.45, 2.75) is 13.5 Å². The molecule has 9 aromatic rings. The van der Waals surface area contributed by atoms with E-state index < -0.39 is 8.07 Å². The largest absolute Gasteiger partial charge is 0.381 e. The minimum absolute atomic E-state index is 0. The third-order valence-corrected chi connectivity index (χ3v) is 14.5. The molecule has 5 heteroatoms. The van der Waals surface area contributed by atoms with Gasteiger partial charge in [-0.05, 0) is 62.1 Å². The molecule has 3 heterocycles. The molecule has 0 spiro atoms. The van der Waals surface area contributed by atoms with Crippen molar-refractivity contribution in [3.05, 3.63) is 207 Å². The molecule has 9 rings (SSSR count). The second-order valence-corrected chi connectivity index (χ2v) is 16.5. The topological polar surface area (TPSA) is 30.7 Å². The second-order valence-electron chi connectivity index (χ2n) is 12.7. The van der Waals surface area contributed by atoms with Crippen LogP contribution in [-0.4, -0.2) is 22.6 Å². The normalized spacial score (nSPS) is 11.0. The van der Waals surface area contributed by atoms with Crippen LogP contribution in [0.3, 0.4) is 0 Å². The van der Waals surface area contributed by atoms with Crippen molar-refractivity contribution in [1.29, 1.82) is 0 Å². The molecule has 53 heavy (non-hydrogen) atoms. The van der Waals surface area contributed by atoms with Crippen LogP contribution in [0.4, 0.5) is 0 Å². The van der Waals surface area contributed by atoms with Crippen molar-refractivity contribution in [2.75, 3.05) is 0 Å². The van der Waals surface area contributed by atoms with E-state index in [1.54, 1.807) is 6.20 Å². The van der Waals surface area contributed by atoms with Gasteiger partial charge in [0.2, 0.25) is 0 Å². The Balaban J connectivity index is 0.000000284. The summed E-state index contributed by atoms with van der Waals surface area (Å²) in [5.41, 5.74) is 6.45. The molecule has 0 saturated heterocycles. The number of para-hydroxylation sites is 1. The summed E-state index contributed by atoms with van der Waals surface area (Å²) in [5.74, 6) is 0. The van der Waals surface area contributed by atoms with Gasteiger partial charge in [0.15, 0.2) is 8.07 Å². The fourth-order valence-corrected chi connectivity index (χ4v) is 12.1. The Morgan fingerprint density at radius 3 is 1.68 bits per heavy atom. The predicted octanol–water partition coefficient (Wildman–Crippen LogP) is 8.60. The summed E-state index contributed by atoms with van der Waals surface area (Å²) >= 11 is 0. The van der Waals surface area contributed by atoms with Crippen molar-refractivity contribution in [1.82, 2.24) is 14.5 Å². The molecule has 0 fully saturated rings. The number of rotatable bonds is 7. The predicted molar refractivity (Wildman–Crippen MR) is 219 cm³/mol. The van der Waals surface area contributed by atoms with Crippen molar-refractivity contribution in [2.24, 2.45) is 0 Å². The summed E-state index contributed by atoms with van der Waals surface area (Å²) in [6.07, 6.45) is 3.90. The molecule has 259 valence electrons. The van der Waals surface area contributed by atoms with Crippen molar-refractivity contribution < 1.29 is 20.1 Å². The van der Waals surface area contributed by atoms with Gasteiger partial charge in [0, 0.05) is 44.6 Å². The van der Waals surface area contributed by atoms with Gasteiger partial charge in [-0.1, -0.05) is 139 Å². The average Bonchev–Trinajstić information content (AvgIpc) is 3.56. The molecular weight excluding hydrogens is 839 g/mol. The minimum atomic E-state index is -2.58. The quantitative estimate of drug-likeness (QED) is 0.0914. The molecule has 0 aliphatic carbocycles. The number of aromatic nitrogens is 3. The molecule has 3 nitrogen and oxygen atoms in total. The smallest absolute Gasteiger partial charge is 0.181 e. The molecule has 0 atom stereocenters. The first-order valence-corrected chi connectivity index (χ1v) is 19.7. The molecule has 3 aromatic heterocycles. The van der Waals surface area contributed by atoms with E-state index in [0.29, 0.717) is 0 Å². The van der Waals surface area contributed by atoms with E-state index >= 15 is 0 Å². The van der Waals surface area contributed by atoms with E-state index in [1.807, 2.05) is 42.5 Å². The number of hydrogen-bond acceptors (Lipinski definition) is 2. The van der Waals surface area contributed by atoms with Gasteiger partial charge in [-0.15, -0.1) is 59.7 Å². The number of hydrogen-bond donors (Lipinski definition) is 0. The van der Waals surface area contributed by atoms with Gasteiger partial charge in [-0.25, -0.2) is 0 Å². The molecule has 0 saturated carbocycles. The molecule has 0 bridgehead atoms. The van der Waals surface area contributed by atoms with Gasteiger partial charge in [0.25, 0.3) is 0 Å². The summed E-state index contributed by atoms with van der Waals surface area (Å²) in [4.78, 5) is 9.32. The maximum absolute atomic E-state index is 5.10. The maximum atomic E-state index is 5.10. The molecular formula is C48H37IrN3Si-2. The summed E-state index contributed by atoms with van der Waals surface area (Å²) in [6, 6.07) is 70.8. The summed E-state index contributed by atoms with van der Waals surface area (Å²) in [5, 5.41) is 7.84. The van der Waals surface area contributed by atoms with Crippen LogP contribution in [0.25, 0.3) is 44.3 Å². The van der Waals surface area contributed by atoms with Crippen molar-refractivity contribution >= 4 is 50.6 Å². The Bertz CT molecular complexity index is 2390. The molecule has 6 aromatic carbocycles. The van der Waals surface area contributed by atoms with Crippen LogP contribution in [0.15, 0.2) is 194 Å². The van der Waals surface area contributed by atoms with Crippen LogP contribution in [0.5, 0.6) is 0 Å². The first-order valence-electron chi connectivity index (χ1n) is 17.7. The first-order chi connectivity index (χ1) is 25.8. The molecule has 0 aliphatic heterocycles. The van der Waals surface area contributed by atoms with Crippen LogP contribution >= 0.6 is 0 Å². The van der Waals surface area contributed by atoms with E-state index in [1.165, 1.54) is 42.6 Å². The summed E-state index contributed by atoms with van der Waals surface area (Å²) < 4.78 is 2.36. The first kappa shape index (κ1) is 35.7. The van der Waals surface area contributed by atoms with Crippen LogP contribution < -0.4 is 20.7 Å². The SMILES string of the molecule is CCn1c2c[c-]c(-c3ccc([Si](c4ccccc4)(c4ccccc4)c4ccccc4)cn3)cc2c2ccccc21.[Ir].[c-]1ccccc1-c1ccccn1. The fraction of sp³-hybridized carbons (Fsp3) is 0.0417. The Morgan fingerprint density at radius 1 is 0.509 bits per heavy atom. The number of fused-ring (bicyclic) bond motifs is 3. The zero-order chi connectivity index (χ0) is 35.2. The Morgan fingerprint density at radius 2 is 1.11 bits per heavy atom. The summed E-state index contributed by atoms with van der Waals surface area (Å²) in [6.45, 7) is 3.12.